The van der Waals surface area contributed by atoms with Gasteiger partial charge in [0.15, 0.2) is 0 Å². The number of piperazine rings is 1. The van der Waals surface area contributed by atoms with E-state index in [9.17, 15) is 13.2 Å². The van der Waals surface area contributed by atoms with Crippen molar-refractivity contribution in [1.82, 2.24) is 19.0 Å². The van der Waals surface area contributed by atoms with Gasteiger partial charge in [0, 0.05) is 37.1 Å². The predicted molar refractivity (Wildman–Crippen MR) is 116 cm³/mol. The van der Waals surface area contributed by atoms with Crippen LogP contribution in [0.3, 0.4) is 0 Å². The molecule has 0 spiro atoms. The molecule has 0 saturated carbocycles. The molecule has 0 aliphatic carbocycles. The zero-order valence-corrected chi connectivity index (χ0v) is 18.4. The van der Waals surface area contributed by atoms with Gasteiger partial charge in [0.1, 0.15) is 5.82 Å². The summed E-state index contributed by atoms with van der Waals surface area (Å²) in [6, 6.07) is 5.81. The van der Waals surface area contributed by atoms with Crippen molar-refractivity contribution in [2.45, 2.75) is 32.7 Å². The SMILES string of the molecule is CCCCCS(=O)(=O)N1CCN(CC(=O)Nc2ccnn2Cc2cccs2)CC1. The van der Waals surface area contributed by atoms with Gasteiger partial charge in [0.25, 0.3) is 0 Å². The smallest absolute Gasteiger partial charge is 0.239 e. The molecule has 160 valence electrons. The minimum absolute atomic E-state index is 0.114. The maximum Gasteiger partial charge on any atom is 0.239 e. The summed E-state index contributed by atoms with van der Waals surface area (Å²) in [6.45, 7) is 4.94. The zero-order chi connectivity index (χ0) is 20.7. The minimum Gasteiger partial charge on any atom is -0.310 e. The van der Waals surface area contributed by atoms with E-state index in [1.54, 1.807) is 32.6 Å². The highest BCUT2D eigenvalue weighted by atomic mass is 32.2. The maximum atomic E-state index is 12.5. The number of nitrogens with zero attached hydrogens (tertiary/aromatic N) is 4. The van der Waals surface area contributed by atoms with Gasteiger partial charge in [-0.05, 0) is 17.9 Å². The molecule has 29 heavy (non-hydrogen) atoms. The van der Waals surface area contributed by atoms with Crippen molar-refractivity contribution in [1.29, 1.82) is 0 Å². The highest BCUT2D eigenvalue weighted by molar-refractivity contribution is 7.89. The number of nitrogens with one attached hydrogen (secondary N) is 1. The molecule has 1 aliphatic rings. The van der Waals surface area contributed by atoms with Crippen molar-refractivity contribution in [3.05, 3.63) is 34.7 Å². The van der Waals surface area contributed by atoms with E-state index in [1.165, 1.54) is 4.88 Å². The summed E-state index contributed by atoms with van der Waals surface area (Å²) >= 11 is 1.65. The molecule has 8 nitrogen and oxygen atoms in total. The molecule has 2 aromatic heterocycles. The Morgan fingerprint density at radius 2 is 2.00 bits per heavy atom. The molecule has 1 saturated heterocycles. The van der Waals surface area contributed by atoms with Crippen LogP contribution < -0.4 is 5.32 Å². The quantitative estimate of drug-likeness (QED) is 0.573. The second-order valence-corrected chi connectivity index (χ2v) is 10.3. The highest BCUT2D eigenvalue weighted by Crippen LogP contribution is 2.15. The van der Waals surface area contributed by atoms with Crippen LogP contribution in [0.25, 0.3) is 0 Å². The third kappa shape index (κ3) is 6.36. The number of aromatic nitrogens is 2. The molecule has 1 fully saturated rings. The number of sulfonamides is 1. The normalized spacial score (nSPS) is 16.2. The largest absolute Gasteiger partial charge is 0.310 e. The Bertz CT molecular complexity index is 872. The first kappa shape index (κ1) is 21.9. The van der Waals surface area contributed by atoms with Gasteiger partial charge < -0.3 is 5.32 Å². The van der Waals surface area contributed by atoms with E-state index < -0.39 is 10.0 Å². The Morgan fingerprint density at radius 1 is 1.21 bits per heavy atom. The van der Waals surface area contributed by atoms with Crippen molar-refractivity contribution < 1.29 is 13.2 Å². The first-order chi connectivity index (χ1) is 14.0. The fourth-order valence-electron chi connectivity index (χ4n) is 3.33. The predicted octanol–water partition coefficient (Wildman–Crippen LogP) is 2.07. The molecule has 0 radical (unpaired) electrons. The molecule has 1 aliphatic heterocycles. The number of unbranched alkanes of at least 4 members (excludes halogenated alkanes) is 2. The molecule has 10 heteroatoms. The second kappa shape index (κ2) is 10.3. The van der Waals surface area contributed by atoms with Gasteiger partial charge in [-0.2, -0.15) is 9.40 Å². The van der Waals surface area contributed by atoms with Crippen LogP contribution in [0.5, 0.6) is 0 Å². The van der Waals surface area contributed by atoms with Gasteiger partial charge in [-0.3, -0.25) is 9.69 Å². The molecular formula is C19H29N5O3S2. The second-order valence-electron chi connectivity index (χ2n) is 7.20. The number of amides is 1. The third-order valence-corrected chi connectivity index (χ3v) is 7.79. The van der Waals surface area contributed by atoms with E-state index in [0.717, 1.165) is 12.8 Å². The van der Waals surface area contributed by atoms with Crippen LogP contribution in [-0.4, -0.2) is 71.8 Å². The van der Waals surface area contributed by atoms with Crippen molar-refractivity contribution in [3.63, 3.8) is 0 Å². The van der Waals surface area contributed by atoms with E-state index in [4.69, 9.17) is 0 Å². The van der Waals surface area contributed by atoms with Crippen LogP contribution in [0.4, 0.5) is 5.82 Å². The zero-order valence-electron chi connectivity index (χ0n) is 16.8. The summed E-state index contributed by atoms with van der Waals surface area (Å²) in [4.78, 5) is 15.6. The van der Waals surface area contributed by atoms with Crippen molar-refractivity contribution >= 4 is 33.1 Å². The molecule has 0 bridgehead atoms. The summed E-state index contributed by atoms with van der Waals surface area (Å²) in [7, 11) is -3.18. The molecule has 0 unspecified atom stereocenters. The Kier molecular flexibility index (Phi) is 7.82. The Morgan fingerprint density at radius 3 is 2.69 bits per heavy atom. The highest BCUT2D eigenvalue weighted by Gasteiger charge is 2.27. The average molecular weight is 440 g/mol. The number of anilines is 1. The lowest BCUT2D eigenvalue weighted by molar-refractivity contribution is -0.117. The summed E-state index contributed by atoms with van der Waals surface area (Å²) in [5.74, 6) is 0.771. The number of carbonyl (C=O) groups excluding carboxylic acids is 1. The lowest BCUT2D eigenvalue weighted by Gasteiger charge is -2.33. The van der Waals surface area contributed by atoms with Gasteiger partial charge in [0.05, 0.1) is 25.0 Å². The minimum atomic E-state index is -3.18. The van der Waals surface area contributed by atoms with Gasteiger partial charge in [-0.15, -0.1) is 11.3 Å². The summed E-state index contributed by atoms with van der Waals surface area (Å²) in [6.07, 6.45) is 4.32. The standard InChI is InChI=1S/C19H29N5O3S2/c1-2-3-4-14-29(26,27)23-11-9-22(10-12-23)16-19(25)21-18-7-8-20-24(18)15-17-6-5-13-28-17/h5-8,13H,2-4,9-12,14-16H2,1H3,(H,21,25). The van der Waals surface area contributed by atoms with Crippen LogP contribution in [0.2, 0.25) is 0 Å². The van der Waals surface area contributed by atoms with Crippen molar-refractivity contribution in [3.8, 4) is 0 Å². The van der Waals surface area contributed by atoms with Crippen LogP contribution in [0.1, 0.15) is 31.1 Å². The van der Waals surface area contributed by atoms with Crippen LogP contribution in [0.15, 0.2) is 29.8 Å². The van der Waals surface area contributed by atoms with E-state index in [-0.39, 0.29) is 18.2 Å². The van der Waals surface area contributed by atoms with Crippen molar-refractivity contribution in [2.75, 3.05) is 43.8 Å². The molecule has 0 atom stereocenters. The van der Waals surface area contributed by atoms with Crippen LogP contribution in [-0.2, 0) is 21.4 Å². The van der Waals surface area contributed by atoms with Gasteiger partial charge in [-0.25, -0.2) is 13.1 Å². The van der Waals surface area contributed by atoms with E-state index in [1.807, 2.05) is 22.4 Å². The van der Waals surface area contributed by atoms with Crippen LogP contribution in [0, 0.1) is 0 Å². The number of carbonyl (C=O) groups is 1. The monoisotopic (exact) mass is 439 g/mol. The molecule has 1 N–H and O–H groups in total. The first-order valence-electron chi connectivity index (χ1n) is 10.0. The summed E-state index contributed by atoms with van der Waals surface area (Å²) < 4.78 is 28.1. The third-order valence-electron chi connectivity index (χ3n) is 4.97. The molecule has 0 aromatic carbocycles. The Balaban J connectivity index is 1.45. The molecular weight excluding hydrogens is 410 g/mol. The maximum absolute atomic E-state index is 12.5. The van der Waals surface area contributed by atoms with Gasteiger partial charge >= 0.3 is 0 Å². The number of rotatable bonds is 10. The molecule has 2 aromatic rings. The first-order valence-corrected chi connectivity index (χ1v) is 12.5. The van der Waals surface area contributed by atoms with Gasteiger partial charge in [0.2, 0.25) is 15.9 Å². The summed E-state index contributed by atoms with van der Waals surface area (Å²) in [5.41, 5.74) is 0. The number of hydrogen-bond acceptors (Lipinski definition) is 6. The molecule has 1 amide bonds. The lowest BCUT2D eigenvalue weighted by Crippen LogP contribution is -2.50. The fraction of sp³-hybridized carbons (Fsp3) is 0.579. The molecule has 3 heterocycles. The molecule has 3 rings (SSSR count). The van der Waals surface area contributed by atoms with Gasteiger partial charge in [-0.1, -0.05) is 25.8 Å². The van der Waals surface area contributed by atoms with E-state index in [0.29, 0.717) is 45.0 Å². The number of hydrogen-bond donors (Lipinski definition) is 1. The lowest BCUT2D eigenvalue weighted by atomic mass is 10.3. The van der Waals surface area contributed by atoms with E-state index >= 15 is 0 Å². The topological polar surface area (TPSA) is 87.5 Å². The average Bonchev–Trinajstić information content (AvgIpc) is 3.35. The summed E-state index contributed by atoms with van der Waals surface area (Å²) in [5, 5.41) is 9.21. The Labute approximate surface area is 176 Å². The Hall–Kier alpha value is -1.75. The number of thiophene rings is 1. The fourth-order valence-corrected chi connectivity index (χ4v) is 5.56. The van der Waals surface area contributed by atoms with E-state index in [2.05, 4.69) is 17.3 Å². The van der Waals surface area contributed by atoms with Crippen molar-refractivity contribution in [2.24, 2.45) is 0 Å². The van der Waals surface area contributed by atoms with Crippen LogP contribution >= 0.6 is 11.3 Å².